The van der Waals surface area contributed by atoms with Gasteiger partial charge in [-0.05, 0) is 31.0 Å². The monoisotopic (exact) mass is 227 g/mol. The molecule has 0 aliphatic heterocycles. The van der Waals surface area contributed by atoms with E-state index in [9.17, 15) is 8.78 Å². The van der Waals surface area contributed by atoms with E-state index in [1.165, 1.54) is 6.07 Å². The molecule has 1 aromatic carbocycles. The van der Waals surface area contributed by atoms with E-state index >= 15 is 0 Å². The molecule has 0 saturated heterocycles. The molecule has 0 saturated carbocycles. The van der Waals surface area contributed by atoms with Crippen molar-refractivity contribution in [2.45, 2.75) is 32.1 Å². The van der Waals surface area contributed by atoms with Gasteiger partial charge in [-0.15, -0.1) is 0 Å². The molecule has 0 aliphatic rings. The number of nitrogens with one attached hydrogen (secondary N) is 1. The summed E-state index contributed by atoms with van der Waals surface area (Å²) in [6.07, 6.45) is 0.944. The van der Waals surface area contributed by atoms with Crippen LogP contribution in [0, 0.1) is 0 Å². The Labute approximate surface area is 95.9 Å². The average molecular weight is 227 g/mol. The summed E-state index contributed by atoms with van der Waals surface area (Å²) in [6, 6.07) is 6.72. The standard InChI is InChI=1S/C13H19F2N/c1-4-10(9-16-3)11-6-5-7-12(8-11)13(2,14)15/h5-8,10,16H,4,9H2,1-3H3. The van der Waals surface area contributed by atoms with Crippen LogP contribution < -0.4 is 5.32 Å². The highest BCUT2D eigenvalue weighted by molar-refractivity contribution is 5.29. The van der Waals surface area contributed by atoms with Crippen LogP contribution >= 0.6 is 0 Å². The Hall–Kier alpha value is -0.960. The van der Waals surface area contributed by atoms with Crippen LogP contribution in [-0.4, -0.2) is 13.6 Å². The second-order valence-electron chi connectivity index (χ2n) is 4.18. The van der Waals surface area contributed by atoms with Gasteiger partial charge in [-0.25, -0.2) is 8.78 Å². The summed E-state index contributed by atoms with van der Waals surface area (Å²) in [5.74, 6) is -2.46. The third-order valence-electron chi connectivity index (χ3n) is 2.81. The predicted molar refractivity (Wildman–Crippen MR) is 63.0 cm³/mol. The smallest absolute Gasteiger partial charge is 0.270 e. The van der Waals surface area contributed by atoms with Gasteiger partial charge in [0, 0.05) is 19.0 Å². The van der Waals surface area contributed by atoms with E-state index < -0.39 is 5.92 Å². The molecule has 1 N–H and O–H groups in total. The summed E-state index contributed by atoms with van der Waals surface area (Å²) in [4.78, 5) is 0. The maximum absolute atomic E-state index is 13.2. The number of halogens is 2. The number of likely N-dealkylation sites (N-methyl/N-ethyl adjacent to an activating group) is 1. The molecule has 1 aromatic rings. The van der Waals surface area contributed by atoms with Crippen LogP contribution in [0.25, 0.3) is 0 Å². The van der Waals surface area contributed by atoms with E-state index in [0.717, 1.165) is 25.5 Å². The highest BCUT2D eigenvalue weighted by Crippen LogP contribution is 2.29. The van der Waals surface area contributed by atoms with Crippen LogP contribution in [0.4, 0.5) is 8.78 Å². The van der Waals surface area contributed by atoms with Gasteiger partial charge in [-0.1, -0.05) is 25.1 Å². The first-order chi connectivity index (χ1) is 7.49. The molecule has 0 heterocycles. The van der Waals surface area contributed by atoms with E-state index in [2.05, 4.69) is 12.2 Å². The first kappa shape index (κ1) is 13.1. The summed E-state index contributed by atoms with van der Waals surface area (Å²) >= 11 is 0. The van der Waals surface area contributed by atoms with Crippen molar-refractivity contribution < 1.29 is 8.78 Å². The lowest BCUT2D eigenvalue weighted by Crippen LogP contribution is -2.17. The molecule has 0 amide bonds. The second kappa shape index (κ2) is 5.39. The van der Waals surface area contributed by atoms with Gasteiger partial charge in [0.1, 0.15) is 0 Å². The van der Waals surface area contributed by atoms with Gasteiger partial charge in [0.05, 0.1) is 0 Å². The number of rotatable bonds is 5. The lowest BCUT2D eigenvalue weighted by Gasteiger charge is -2.17. The van der Waals surface area contributed by atoms with E-state index in [4.69, 9.17) is 0 Å². The van der Waals surface area contributed by atoms with E-state index in [1.807, 2.05) is 13.1 Å². The second-order valence-corrected chi connectivity index (χ2v) is 4.18. The summed E-state index contributed by atoms with van der Waals surface area (Å²) in [7, 11) is 1.88. The Morgan fingerprint density at radius 2 is 2.06 bits per heavy atom. The minimum atomic E-state index is -2.76. The molecule has 0 radical (unpaired) electrons. The molecule has 0 bridgehead atoms. The third kappa shape index (κ3) is 3.27. The fraction of sp³-hybridized carbons (Fsp3) is 0.538. The molecule has 16 heavy (non-hydrogen) atoms. The van der Waals surface area contributed by atoms with Crippen molar-refractivity contribution in [3.8, 4) is 0 Å². The van der Waals surface area contributed by atoms with Gasteiger partial charge in [0.15, 0.2) is 0 Å². The Morgan fingerprint density at radius 1 is 1.38 bits per heavy atom. The highest BCUT2D eigenvalue weighted by atomic mass is 19.3. The van der Waals surface area contributed by atoms with Crippen LogP contribution in [0.1, 0.15) is 37.3 Å². The predicted octanol–water partition coefficient (Wildman–Crippen LogP) is 3.51. The molecular formula is C13H19F2N. The maximum Gasteiger partial charge on any atom is 0.270 e. The van der Waals surface area contributed by atoms with Crippen LogP contribution in [0.15, 0.2) is 24.3 Å². The van der Waals surface area contributed by atoms with Crippen LogP contribution in [0.5, 0.6) is 0 Å². The van der Waals surface area contributed by atoms with Gasteiger partial charge in [0.2, 0.25) is 0 Å². The Balaban J connectivity index is 2.97. The van der Waals surface area contributed by atoms with Gasteiger partial charge in [0.25, 0.3) is 5.92 Å². The highest BCUT2D eigenvalue weighted by Gasteiger charge is 2.24. The third-order valence-corrected chi connectivity index (χ3v) is 2.81. The van der Waals surface area contributed by atoms with Crippen molar-refractivity contribution in [2.75, 3.05) is 13.6 Å². The van der Waals surface area contributed by atoms with Crippen molar-refractivity contribution in [1.82, 2.24) is 5.32 Å². The minimum absolute atomic E-state index is 0.0968. The molecule has 1 atom stereocenters. The fourth-order valence-electron chi connectivity index (χ4n) is 1.81. The Morgan fingerprint density at radius 3 is 2.56 bits per heavy atom. The Bertz CT molecular complexity index is 331. The largest absolute Gasteiger partial charge is 0.319 e. The Kier molecular flexibility index (Phi) is 4.42. The first-order valence-electron chi connectivity index (χ1n) is 5.62. The first-order valence-corrected chi connectivity index (χ1v) is 5.62. The number of hydrogen-bond acceptors (Lipinski definition) is 1. The molecule has 0 spiro atoms. The molecule has 0 fully saturated rings. The number of alkyl halides is 2. The topological polar surface area (TPSA) is 12.0 Å². The van der Waals surface area contributed by atoms with Crippen LogP contribution in [0.2, 0.25) is 0 Å². The lowest BCUT2D eigenvalue weighted by atomic mass is 9.94. The molecule has 1 unspecified atom stereocenters. The van der Waals surface area contributed by atoms with Gasteiger partial charge in [-0.3, -0.25) is 0 Å². The molecule has 90 valence electrons. The lowest BCUT2D eigenvalue weighted by molar-refractivity contribution is 0.0174. The number of hydrogen-bond donors (Lipinski definition) is 1. The minimum Gasteiger partial charge on any atom is -0.319 e. The zero-order chi connectivity index (χ0) is 12.2. The molecular weight excluding hydrogens is 208 g/mol. The normalized spacial score (nSPS) is 13.8. The number of benzene rings is 1. The van der Waals surface area contributed by atoms with Crippen molar-refractivity contribution in [3.63, 3.8) is 0 Å². The molecule has 1 nitrogen and oxygen atoms in total. The summed E-state index contributed by atoms with van der Waals surface area (Å²) in [6.45, 7) is 3.82. The zero-order valence-corrected chi connectivity index (χ0v) is 10.1. The molecule has 0 aromatic heterocycles. The van der Waals surface area contributed by atoms with Crippen molar-refractivity contribution in [3.05, 3.63) is 35.4 Å². The van der Waals surface area contributed by atoms with Gasteiger partial charge in [-0.2, -0.15) is 0 Å². The van der Waals surface area contributed by atoms with Crippen molar-refractivity contribution in [1.29, 1.82) is 0 Å². The van der Waals surface area contributed by atoms with E-state index in [1.54, 1.807) is 12.1 Å². The van der Waals surface area contributed by atoms with Crippen LogP contribution in [0.3, 0.4) is 0 Å². The molecule has 1 rings (SSSR count). The van der Waals surface area contributed by atoms with Crippen LogP contribution in [-0.2, 0) is 5.92 Å². The molecule has 3 heteroatoms. The van der Waals surface area contributed by atoms with Crippen molar-refractivity contribution in [2.24, 2.45) is 0 Å². The van der Waals surface area contributed by atoms with Gasteiger partial charge < -0.3 is 5.32 Å². The zero-order valence-electron chi connectivity index (χ0n) is 10.1. The fourth-order valence-corrected chi connectivity index (χ4v) is 1.81. The quantitative estimate of drug-likeness (QED) is 0.811. The van der Waals surface area contributed by atoms with Gasteiger partial charge >= 0.3 is 0 Å². The van der Waals surface area contributed by atoms with E-state index in [-0.39, 0.29) is 5.56 Å². The summed E-state index contributed by atoms with van der Waals surface area (Å²) in [5, 5.41) is 3.09. The summed E-state index contributed by atoms with van der Waals surface area (Å²) in [5.41, 5.74) is 1.08. The molecule has 0 aliphatic carbocycles. The average Bonchev–Trinajstić information content (AvgIpc) is 2.25. The van der Waals surface area contributed by atoms with E-state index in [0.29, 0.717) is 5.92 Å². The SMILES string of the molecule is CCC(CNC)c1cccc(C(C)(F)F)c1. The maximum atomic E-state index is 13.2. The van der Waals surface area contributed by atoms with Crippen molar-refractivity contribution >= 4 is 0 Å². The summed E-state index contributed by atoms with van der Waals surface area (Å²) < 4.78 is 26.3.